The number of ether oxygens (including phenoxy) is 2. The van der Waals surface area contributed by atoms with Crippen LogP contribution in [-0.4, -0.2) is 118 Å². The number of imidazole rings is 1. The van der Waals surface area contributed by atoms with Crippen molar-refractivity contribution in [1.82, 2.24) is 34.5 Å². The van der Waals surface area contributed by atoms with Gasteiger partial charge < -0.3 is 34.1 Å². The van der Waals surface area contributed by atoms with Crippen LogP contribution in [0.3, 0.4) is 0 Å². The van der Waals surface area contributed by atoms with Crippen molar-refractivity contribution in [2.75, 3.05) is 47.4 Å². The van der Waals surface area contributed by atoms with Gasteiger partial charge >= 0.3 is 0 Å². The molecule has 0 radical (unpaired) electrons. The molecule has 0 unspecified atom stereocenters. The number of amides is 4. The van der Waals surface area contributed by atoms with Gasteiger partial charge in [0.25, 0.3) is 0 Å². The molecule has 2 aliphatic rings. The van der Waals surface area contributed by atoms with E-state index in [1.807, 2.05) is 80.0 Å². The van der Waals surface area contributed by atoms with Crippen LogP contribution in [0.4, 0.5) is 0 Å². The Labute approximate surface area is 397 Å². The van der Waals surface area contributed by atoms with Crippen LogP contribution in [0.15, 0.2) is 103 Å². The molecule has 348 valence electrons. The van der Waals surface area contributed by atoms with E-state index in [-0.39, 0.29) is 38.4 Å². The van der Waals surface area contributed by atoms with Gasteiger partial charge in [-0.15, -0.1) is 0 Å². The number of rotatable bonds is 13. The van der Waals surface area contributed by atoms with Crippen molar-refractivity contribution in [3.63, 3.8) is 0 Å². The minimum absolute atomic E-state index is 0.0686. The zero-order chi connectivity index (χ0) is 46.9. The lowest BCUT2D eigenvalue weighted by molar-refractivity contribution is -0.148. The van der Waals surface area contributed by atoms with Crippen molar-refractivity contribution in [1.29, 1.82) is 0 Å². The van der Waals surface area contributed by atoms with Crippen LogP contribution in [0, 0.1) is 5.92 Å². The van der Waals surface area contributed by atoms with E-state index in [9.17, 15) is 19.2 Å². The zero-order valence-corrected chi connectivity index (χ0v) is 39.8. The molecule has 5 aromatic rings. The first-order valence-electron chi connectivity index (χ1n) is 22.5. The fourth-order valence-electron chi connectivity index (χ4n) is 8.81. The van der Waals surface area contributed by atoms with Gasteiger partial charge in [-0.2, -0.15) is 0 Å². The van der Waals surface area contributed by atoms with Crippen molar-refractivity contribution in [2.45, 2.75) is 70.2 Å². The Morgan fingerprint density at radius 2 is 1.47 bits per heavy atom. The third kappa shape index (κ3) is 12.0. The molecule has 13 nitrogen and oxygen atoms in total. The number of hydrogen-bond donors (Lipinski definition) is 1. The van der Waals surface area contributed by atoms with Gasteiger partial charge in [-0.3, -0.25) is 24.1 Å². The molecule has 1 N–H and O–H groups in total. The number of likely N-dealkylation sites (N-methyl/N-ethyl adjacent to an activating group) is 2. The average Bonchev–Trinajstić information content (AvgIpc) is 3.97. The summed E-state index contributed by atoms with van der Waals surface area (Å²) in [7, 11) is 6.86. The summed E-state index contributed by atoms with van der Waals surface area (Å²) >= 11 is 12.8. The van der Waals surface area contributed by atoms with E-state index in [2.05, 4.69) is 14.8 Å². The first-order chi connectivity index (χ1) is 31.8. The molecule has 4 atom stereocenters. The molecule has 7 rings (SSSR count). The molecule has 2 fully saturated rings. The normalized spacial score (nSPS) is 20.4. The van der Waals surface area contributed by atoms with Gasteiger partial charge in [-0.1, -0.05) is 71.7 Å². The average molecular weight is 937 g/mol. The van der Waals surface area contributed by atoms with Gasteiger partial charge in [0.15, 0.2) is 0 Å². The predicted molar refractivity (Wildman–Crippen MR) is 256 cm³/mol. The minimum atomic E-state index is -1.09. The van der Waals surface area contributed by atoms with Gasteiger partial charge in [-0.05, 0) is 105 Å². The fourth-order valence-corrected chi connectivity index (χ4v) is 9.10. The zero-order valence-electron chi connectivity index (χ0n) is 38.3. The summed E-state index contributed by atoms with van der Waals surface area (Å²) in [5.41, 5.74) is 4.33. The highest BCUT2D eigenvalue weighted by atomic mass is 35.5. The van der Waals surface area contributed by atoms with Crippen LogP contribution in [0.25, 0.3) is 11.3 Å². The smallest absolute Gasteiger partial charge is 0.247 e. The molecule has 1 aromatic heterocycles. The van der Waals surface area contributed by atoms with E-state index in [1.165, 1.54) is 24.9 Å². The van der Waals surface area contributed by atoms with Gasteiger partial charge in [0.1, 0.15) is 29.4 Å². The minimum Gasteiger partial charge on any atom is -0.457 e. The number of nitrogens with zero attached hydrogens (tertiary/aromatic N) is 6. The second-order valence-electron chi connectivity index (χ2n) is 17.4. The second kappa shape index (κ2) is 22.2. The van der Waals surface area contributed by atoms with Gasteiger partial charge in [0.2, 0.25) is 23.6 Å². The number of hydrogen-bond acceptors (Lipinski definition) is 8. The lowest BCUT2D eigenvalue weighted by Gasteiger charge is -2.37. The molecule has 4 aromatic carbocycles. The predicted octanol–water partition coefficient (Wildman–Crippen LogP) is 7.42. The van der Waals surface area contributed by atoms with E-state index in [0.29, 0.717) is 33.5 Å². The first-order valence-corrected chi connectivity index (χ1v) is 23.2. The highest BCUT2D eigenvalue weighted by molar-refractivity contribution is 6.31. The van der Waals surface area contributed by atoms with Crippen LogP contribution >= 0.6 is 23.2 Å². The van der Waals surface area contributed by atoms with Crippen molar-refractivity contribution >= 4 is 46.8 Å². The summed E-state index contributed by atoms with van der Waals surface area (Å²) in [5, 5.41) is 3.89. The SMILES string of the molecule is COC[C@@H]1NC(=O)[C@H](C)N(Cc2ccc(Cl)cc2Oc2ccc(-c3cnc(CN4CCCC4)n3C)cc2)C(=O)C[C@@H](Cc2ccccc2)C(=O)N(C)C[C@@H](Cc2ccc(Cl)cc2)N(C)C1=O. The Morgan fingerprint density at radius 3 is 2.17 bits per heavy atom. The summed E-state index contributed by atoms with van der Waals surface area (Å²) in [5.74, 6) is -0.505. The molecule has 66 heavy (non-hydrogen) atoms. The highest BCUT2D eigenvalue weighted by Gasteiger charge is 2.37. The molecule has 2 saturated heterocycles. The maximum Gasteiger partial charge on any atom is 0.247 e. The second-order valence-corrected chi connectivity index (χ2v) is 18.3. The van der Waals surface area contributed by atoms with Crippen LogP contribution in [0.2, 0.25) is 10.0 Å². The number of nitrogens with one attached hydrogen (secondary N) is 1. The molecule has 4 amide bonds. The number of aromatic nitrogens is 2. The quantitative estimate of drug-likeness (QED) is 0.129. The fraction of sp³-hybridized carbons (Fsp3) is 0.392. The Hall–Kier alpha value is -5.73. The Bertz CT molecular complexity index is 2460. The Morgan fingerprint density at radius 1 is 0.788 bits per heavy atom. The molecule has 0 aliphatic carbocycles. The molecule has 2 aliphatic heterocycles. The van der Waals surface area contributed by atoms with E-state index in [0.717, 1.165) is 47.8 Å². The standard InChI is InChI=1S/C51H59Cl2N7O6/c1-34-49(62)55-44(33-65-5)51(64)57(3)42(26-36-13-18-40(52)19-14-36)31-56(2)50(63)39(25-35-11-7-6-8-12-35)27-48(61)60(34)30-38-15-20-41(53)28-46(38)66-43-21-16-37(17-22-43)45-29-54-47(58(45)4)32-59-23-9-10-24-59/h6-8,11-22,28-29,34,39,42,44H,9-10,23-27,30-33H2,1-5H3,(H,55,62)/t34-,39+,42+,44-/m0/s1. The summed E-state index contributed by atoms with van der Waals surface area (Å²) in [6.45, 7) is 4.57. The lowest BCUT2D eigenvalue weighted by Crippen LogP contribution is -2.58. The summed E-state index contributed by atoms with van der Waals surface area (Å²) in [6.07, 6.45) is 4.82. The monoisotopic (exact) mass is 935 g/mol. The number of benzene rings is 4. The van der Waals surface area contributed by atoms with Crippen LogP contribution in [0.5, 0.6) is 11.5 Å². The van der Waals surface area contributed by atoms with E-state index in [1.54, 1.807) is 61.2 Å². The molecule has 15 heteroatoms. The van der Waals surface area contributed by atoms with E-state index in [4.69, 9.17) is 37.7 Å². The topological polar surface area (TPSA) is 130 Å². The number of methoxy groups -OCH3 is 1. The van der Waals surface area contributed by atoms with E-state index < -0.39 is 41.8 Å². The van der Waals surface area contributed by atoms with Gasteiger partial charge in [0, 0.05) is 62.4 Å². The molecular weight excluding hydrogens is 878 g/mol. The number of carbonyl (C=O) groups is 4. The van der Waals surface area contributed by atoms with Crippen molar-refractivity contribution in [2.24, 2.45) is 13.0 Å². The Balaban J connectivity index is 1.18. The number of halogens is 2. The summed E-state index contributed by atoms with van der Waals surface area (Å²) in [6, 6.07) is 27.0. The molecule has 3 heterocycles. The van der Waals surface area contributed by atoms with Crippen LogP contribution in [-0.2, 0) is 56.9 Å². The summed E-state index contributed by atoms with van der Waals surface area (Å²) < 4.78 is 14.1. The number of likely N-dealkylation sites (tertiary alicyclic amines) is 1. The van der Waals surface area contributed by atoms with Crippen LogP contribution in [0.1, 0.15) is 48.7 Å². The molecule has 0 spiro atoms. The first kappa shape index (κ1) is 48.2. The third-order valence-electron chi connectivity index (χ3n) is 12.7. The van der Waals surface area contributed by atoms with E-state index >= 15 is 0 Å². The van der Waals surface area contributed by atoms with Crippen molar-refractivity contribution < 1.29 is 28.7 Å². The van der Waals surface area contributed by atoms with Gasteiger partial charge in [0.05, 0.1) is 43.5 Å². The largest absolute Gasteiger partial charge is 0.457 e. The number of carbonyl (C=O) groups excluding carboxylic acids is 4. The summed E-state index contributed by atoms with van der Waals surface area (Å²) in [4.78, 5) is 70.0. The van der Waals surface area contributed by atoms with Crippen LogP contribution < -0.4 is 10.1 Å². The van der Waals surface area contributed by atoms with Crippen molar-refractivity contribution in [3.8, 4) is 22.8 Å². The Kier molecular flexibility index (Phi) is 16.2. The molecule has 0 bridgehead atoms. The maximum atomic E-state index is 14.9. The molecule has 0 saturated carbocycles. The molecular formula is C51H59Cl2N7O6. The maximum absolute atomic E-state index is 14.9. The lowest BCUT2D eigenvalue weighted by atomic mass is 9.93. The highest BCUT2D eigenvalue weighted by Crippen LogP contribution is 2.33. The van der Waals surface area contributed by atoms with Crippen molar-refractivity contribution in [3.05, 3.63) is 136 Å². The third-order valence-corrected chi connectivity index (χ3v) is 13.2. The van der Waals surface area contributed by atoms with Gasteiger partial charge in [-0.25, -0.2) is 4.98 Å².